The van der Waals surface area contributed by atoms with Gasteiger partial charge in [0, 0.05) is 12.2 Å². The zero-order chi connectivity index (χ0) is 19.6. The maximum absolute atomic E-state index is 11.5. The zero-order valence-electron chi connectivity index (χ0n) is 17.4. The van der Waals surface area contributed by atoms with Crippen molar-refractivity contribution < 1.29 is 19.1 Å². The number of unbranched alkanes of at least 4 members (excludes halogenated alkanes) is 10. The molecule has 0 heterocycles. The lowest BCUT2D eigenvalue weighted by Crippen LogP contribution is -2.19. The molecule has 0 amide bonds. The van der Waals surface area contributed by atoms with Gasteiger partial charge in [-0.1, -0.05) is 85.0 Å². The monoisotopic (exact) mass is 368 g/mol. The normalized spacial score (nSPS) is 12.5. The minimum Gasteiger partial charge on any atom is -0.463 e. The Morgan fingerprint density at radius 1 is 0.731 bits per heavy atom. The van der Waals surface area contributed by atoms with Crippen molar-refractivity contribution >= 4 is 11.9 Å². The molecule has 0 N–H and O–H groups in total. The van der Waals surface area contributed by atoms with Crippen molar-refractivity contribution in [2.75, 3.05) is 6.61 Å². The summed E-state index contributed by atoms with van der Waals surface area (Å²) in [5.74, 6) is -0.732. The molecule has 4 nitrogen and oxygen atoms in total. The molecule has 0 bridgehead atoms. The topological polar surface area (TPSA) is 52.6 Å². The van der Waals surface area contributed by atoms with E-state index in [9.17, 15) is 9.59 Å². The van der Waals surface area contributed by atoms with Gasteiger partial charge in [0.25, 0.3) is 0 Å². The first kappa shape index (κ1) is 24.7. The van der Waals surface area contributed by atoms with Gasteiger partial charge in [0.2, 0.25) is 0 Å². The van der Waals surface area contributed by atoms with E-state index in [2.05, 4.69) is 6.92 Å². The van der Waals surface area contributed by atoms with Gasteiger partial charge < -0.3 is 9.47 Å². The molecule has 152 valence electrons. The van der Waals surface area contributed by atoms with E-state index in [1.165, 1.54) is 57.8 Å². The number of carbonyl (C=O) groups excluding carboxylic acids is 2. The first-order valence-corrected chi connectivity index (χ1v) is 10.5. The molecule has 0 aliphatic heterocycles. The molecule has 0 aromatic carbocycles. The highest BCUT2D eigenvalue weighted by atomic mass is 16.5. The van der Waals surface area contributed by atoms with E-state index in [1.54, 1.807) is 0 Å². The molecule has 0 aliphatic carbocycles. The van der Waals surface area contributed by atoms with Crippen molar-refractivity contribution in [2.45, 2.75) is 104 Å². The fourth-order valence-electron chi connectivity index (χ4n) is 2.48. The summed E-state index contributed by atoms with van der Waals surface area (Å²) in [7, 11) is 0. The summed E-state index contributed by atoms with van der Waals surface area (Å²) in [6.45, 7) is 8.45. The number of rotatable bonds is 16. The Morgan fingerprint density at radius 3 is 1.69 bits per heavy atom. The standard InChI is InChI=1S/C22H40O4/c1-5-6-7-8-9-10-11-12-13-14-15-18-25-21(23)16-17-22(24)26-20(4)19(2)3/h16-17,19-20H,5-15,18H2,1-4H3/b17-16+. The minimum atomic E-state index is -0.502. The second-order valence-electron chi connectivity index (χ2n) is 7.42. The molecule has 1 atom stereocenters. The molecule has 0 radical (unpaired) electrons. The lowest BCUT2D eigenvalue weighted by molar-refractivity contribution is -0.145. The molecule has 26 heavy (non-hydrogen) atoms. The summed E-state index contributed by atoms with van der Waals surface area (Å²) in [4.78, 5) is 23.1. The van der Waals surface area contributed by atoms with E-state index in [4.69, 9.17) is 9.47 Å². The van der Waals surface area contributed by atoms with Crippen molar-refractivity contribution in [2.24, 2.45) is 5.92 Å². The van der Waals surface area contributed by atoms with Crippen LogP contribution in [0.15, 0.2) is 12.2 Å². The van der Waals surface area contributed by atoms with Crippen molar-refractivity contribution in [3.63, 3.8) is 0 Å². The fraction of sp³-hybridized carbons (Fsp3) is 0.818. The van der Waals surface area contributed by atoms with Crippen molar-refractivity contribution in [3.8, 4) is 0 Å². The van der Waals surface area contributed by atoms with E-state index in [0.29, 0.717) is 6.61 Å². The number of hydrogen-bond acceptors (Lipinski definition) is 4. The average Bonchev–Trinajstić information content (AvgIpc) is 2.60. The molecule has 0 saturated heterocycles. The van der Waals surface area contributed by atoms with Crippen LogP contribution in [0.2, 0.25) is 0 Å². The van der Waals surface area contributed by atoms with E-state index >= 15 is 0 Å². The molecule has 0 aromatic heterocycles. The summed E-state index contributed by atoms with van der Waals surface area (Å²) >= 11 is 0. The van der Waals surface area contributed by atoms with Gasteiger partial charge in [-0.25, -0.2) is 9.59 Å². The molecule has 0 aromatic rings. The third kappa shape index (κ3) is 16.2. The van der Waals surface area contributed by atoms with Gasteiger partial charge in [-0.15, -0.1) is 0 Å². The van der Waals surface area contributed by atoms with Crippen LogP contribution in [0.1, 0.15) is 98.3 Å². The Morgan fingerprint density at radius 2 is 1.19 bits per heavy atom. The van der Waals surface area contributed by atoms with Gasteiger partial charge in [-0.05, 0) is 19.3 Å². The average molecular weight is 369 g/mol. The van der Waals surface area contributed by atoms with Gasteiger partial charge in [-0.2, -0.15) is 0 Å². The van der Waals surface area contributed by atoms with Crippen LogP contribution in [-0.2, 0) is 19.1 Å². The Hall–Kier alpha value is -1.32. The number of esters is 2. The lowest BCUT2D eigenvalue weighted by atomic mass is 10.1. The van der Waals surface area contributed by atoms with Gasteiger partial charge in [0.05, 0.1) is 6.61 Å². The van der Waals surface area contributed by atoms with Crippen LogP contribution in [0.25, 0.3) is 0 Å². The van der Waals surface area contributed by atoms with Crippen LogP contribution in [0, 0.1) is 5.92 Å². The van der Waals surface area contributed by atoms with Gasteiger partial charge in [0.15, 0.2) is 0 Å². The summed E-state index contributed by atoms with van der Waals surface area (Å²) in [5, 5.41) is 0. The molecule has 0 fully saturated rings. The summed E-state index contributed by atoms with van der Waals surface area (Å²) in [6, 6.07) is 0. The predicted octanol–water partition coefficient (Wildman–Crippen LogP) is 5.98. The van der Waals surface area contributed by atoms with Crippen LogP contribution in [0.4, 0.5) is 0 Å². The van der Waals surface area contributed by atoms with Crippen molar-refractivity contribution in [1.82, 2.24) is 0 Å². The Labute approximate surface area is 160 Å². The van der Waals surface area contributed by atoms with Crippen LogP contribution >= 0.6 is 0 Å². The number of hydrogen-bond donors (Lipinski definition) is 0. The second-order valence-corrected chi connectivity index (χ2v) is 7.42. The molecular formula is C22H40O4. The third-order valence-electron chi connectivity index (χ3n) is 4.59. The minimum absolute atomic E-state index is 0.167. The third-order valence-corrected chi connectivity index (χ3v) is 4.59. The van der Waals surface area contributed by atoms with Crippen LogP contribution in [0.3, 0.4) is 0 Å². The molecule has 0 spiro atoms. The molecular weight excluding hydrogens is 328 g/mol. The SMILES string of the molecule is CCCCCCCCCCCCCOC(=O)/C=C/C(=O)OC(C)C(C)C. The quantitative estimate of drug-likeness (QED) is 0.191. The van der Waals surface area contributed by atoms with Gasteiger partial charge in [-0.3, -0.25) is 0 Å². The molecule has 0 rings (SSSR count). The molecule has 0 saturated carbocycles. The summed E-state index contributed by atoms with van der Waals surface area (Å²) in [6.07, 6.45) is 16.0. The van der Waals surface area contributed by atoms with Gasteiger partial charge >= 0.3 is 11.9 Å². The highest BCUT2D eigenvalue weighted by Gasteiger charge is 2.11. The Kier molecular flexibility index (Phi) is 16.2. The van der Waals surface area contributed by atoms with Crippen LogP contribution in [-0.4, -0.2) is 24.6 Å². The predicted molar refractivity (Wildman–Crippen MR) is 107 cm³/mol. The molecule has 4 heteroatoms. The Balaban J connectivity index is 3.48. The maximum Gasteiger partial charge on any atom is 0.331 e. The maximum atomic E-state index is 11.5. The summed E-state index contributed by atoms with van der Waals surface area (Å²) in [5.41, 5.74) is 0. The zero-order valence-corrected chi connectivity index (χ0v) is 17.4. The van der Waals surface area contributed by atoms with E-state index < -0.39 is 11.9 Å². The van der Waals surface area contributed by atoms with E-state index in [1.807, 2.05) is 20.8 Å². The van der Waals surface area contributed by atoms with Crippen LogP contribution in [0.5, 0.6) is 0 Å². The largest absolute Gasteiger partial charge is 0.463 e. The first-order chi connectivity index (χ1) is 12.5. The number of ether oxygens (including phenoxy) is 2. The molecule has 1 unspecified atom stereocenters. The Bertz CT molecular complexity index is 388. The number of carbonyl (C=O) groups is 2. The second kappa shape index (κ2) is 17.1. The first-order valence-electron chi connectivity index (χ1n) is 10.5. The smallest absolute Gasteiger partial charge is 0.331 e. The van der Waals surface area contributed by atoms with Crippen LogP contribution < -0.4 is 0 Å². The van der Waals surface area contributed by atoms with Crippen molar-refractivity contribution in [3.05, 3.63) is 12.2 Å². The molecule has 0 aliphatic rings. The fourth-order valence-corrected chi connectivity index (χ4v) is 2.48. The van der Waals surface area contributed by atoms with Crippen molar-refractivity contribution in [1.29, 1.82) is 0 Å². The summed E-state index contributed by atoms with van der Waals surface area (Å²) < 4.78 is 10.2. The highest BCUT2D eigenvalue weighted by Crippen LogP contribution is 2.11. The highest BCUT2D eigenvalue weighted by molar-refractivity contribution is 5.91. The van der Waals surface area contributed by atoms with Gasteiger partial charge in [0.1, 0.15) is 6.10 Å². The van der Waals surface area contributed by atoms with E-state index in [0.717, 1.165) is 25.0 Å². The lowest BCUT2D eigenvalue weighted by Gasteiger charge is -2.14. The van der Waals surface area contributed by atoms with E-state index in [-0.39, 0.29) is 12.0 Å².